The van der Waals surface area contributed by atoms with Crippen LogP contribution in [0.2, 0.25) is 0 Å². The second kappa shape index (κ2) is 8.97. The summed E-state index contributed by atoms with van der Waals surface area (Å²) in [4.78, 5) is 32.2. The van der Waals surface area contributed by atoms with Gasteiger partial charge >= 0.3 is 0 Å². The zero-order chi connectivity index (χ0) is 21.8. The van der Waals surface area contributed by atoms with Gasteiger partial charge in [0.15, 0.2) is 10.8 Å². The minimum atomic E-state index is -0.499. The molecule has 6 nitrogen and oxygen atoms in total. The molecule has 0 unspecified atom stereocenters. The van der Waals surface area contributed by atoms with Gasteiger partial charge in [0.05, 0.1) is 6.26 Å². The van der Waals surface area contributed by atoms with Crippen LogP contribution in [0.15, 0.2) is 77.4 Å². The summed E-state index contributed by atoms with van der Waals surface area (Å²) in [6.45, 7) is 2.61. The maximum atomic E-state index is 13.5. The Bertz CT molecular complexity index is 1200. The predicted octanol–water partition coefficient (Wildman–Crippen LogP) is 4.65. The summed E-state index contributed by atoms with van der Waals surface area (Å²) in [7, 11) is 0. The van der Waals surface area contributed by atoms with Crippen LogP contribution in [-0.2, 0) is 13.1 Å². The molecule has 0 aliphatic rings. The number of hydrogen-bond acceptors (Lipinski definition) is 5. The van der Waals surface area contributed by atoms with Crippen molar-refractivity contribution in [2.75, 3.05) is 0 Å². The maximum absolute atomic E-state index is 13.5. The number of rotatable bonds is 7. The number of aryl methyl sites for hydroxylation is 1. The fourth-order valence-corrected chi connectivity index (χ4v) is 4.17. The molecule has 4 aromatic rings. The average Bonchev–Trinajstić information content (AvgIpc) is 3.43. The SMILES string of the molecule is Cc1sc(-c2ccco2)nc1C(=O)N(Cc1ccccc1)Cc1cccc(C(N)=O)c1. The summed E-state index contributed by atoms with van der Waals surface area (Å²) >= 11 is 1.42. The molecule has 0 radical (unpaired) electrons. The number of carbonyl (C=O) groups is 2. The first kappa shape index (κ1) is 20.6. The van der Waals surface area contributed by atoms with E-state index < -0.39 is 5.91 Å². The standard InChI is InChI=1S/C24H21N3O3S/c1-16-21(26-23(31-16)20-11-6-12-30-20)24(29)27(14-17-7-3-2-4-8-17)15-18-9-5-10-19(13-18)22(25)28/h2-13H,14-15H2,1H3,(H2,25,28). The normalized spacial score (nSPS) is 10.7. The second-order valence-electron chi connectivity index (χ2n) is 7.11. The van der Waals surface area contributed by atoms with E-state index in [0.29, 0.717) is 35.1 Å². The molecule has 2 heterocycles. The van der Waals surface area contributed by atoms with Gasteiger partial charge in [-0.25, -0.2) is 4.98 Å². The molecule has 0 fully saturated rings. The van der Waals surface area contributed by atoms with Gasteiger partial charge in [-0.15, -0.1) is 11.3 Å². The molecule has 0 saturated carbocycles. The van der Waals surface area contributed by atoms with Crippen molar-refractivity contribution in [3.8, 4) is 10.8 Å². The van der Waals surface area contributed by atoms with Gasteiger partial charge in [0, 0.05) is 23.5 Å². The molecule has 31 heavy (non-hydrogen) atoms. The van der Waals surface area contributed by atoms with E-state index in [1.165, 1.54) is 11.3 Å². The number of thiazole rings is 1. The molecule has 4 rings (SSSR count). The Morgan fingerprint density at radius 1 is 1.00 bits per heavy atom. The lowest BCUT2D eigenvalue weighted by atomic mass is 10.1. The summed E-state index contributed by atoms with van der Waals surface area (Å²) in [5, 5.41) is 0.668. The first-order valence-electron chi connectivity index (χ1n) is 9.74. The quantitative estimate of drug-likeness (QED) is 0.461. The average molecular weight is 432 g/mol. The van der Waals surface area contributed by atoms with Crippen LogP contribution in [0, 0.1) is 6.92 Å². The maximum Gasteiger partial charge on any atom is 0.274 e. The zero-order valence-electron chi connectivity index (χ0n) is 16.9. The van der Waals surface area contributed by atoms with Crippen LogP contribution >= 0.6 is 11.3 Å². The number of carbonyl (C=O) groups excluding carboxylic acids is 2. The third kappa shape index (κ3) is 4.73. The zero-order valence-corrected chi connectivity index (χ0v) is 17.8. The Kier molecular flexibility index (Phi) is 5.95. The Labute approximate surface area is 184 Å². The molecule has 156 valence electrons. The molecule has 7 heteroatoms. The predicted molar refractivity (Wildman–Crippen MR) is 120 cm³/mol. The minimum Gasteiger partial charge on any atom is -0.462 e. The van der Waals surface area contributed by atoms with Gasteiger partial charge in [-0.05, 0) is 42.3 Å². The van der Waals surface area contributed by atoms with E-state index in [1.54, 1.807) is 35.4 Å². The highest BCUT2D eigenvalue weighted by molar-refractivity contribution is 7.15. The highest BCUT2D eigenvalue weighted by Gasteiger charge is 2.23. The van der Waals surface area contributed by atoms with E-state index in [1.807, 2.05) is 49.4 Å². The van der Waals surface area contributed by atoms with Gasteiger partial charge in [0.25, 0.3) is 5.91 Å². The van der Waals surface area contributed by atoms with Gasteiger partial charge in [-0.1, -0.05) is 42.5 Å². The molecule has 2 aromatic carbocycles. The number of primary amides is 1. The Morgan fingerprint density at radius 3 is 2.45 bits per heavy atom. The fraction of sp³-hybridized carbons (Fsp3) is 0.125. The number of amides is 2. The van der Waals surface area contributed by atoms with Gasteiger partial charge < -0.3 is 15.1 Å². The van der Waals surface area contributed by atoms with Crippen molar-refractivity contribution in [2.45, 2.75) is 20.0 Å². The first-order chi connectivity index (χ1) is 15.0. The number of hydrogen-bond donors (Lipinski definition) is 1. The first-order valence-corrected chi connectivity index (χ1v) is 10.6. The fourth-order valence-electron chi connectivity index (χ4n) is 3.30. The van der Waals surface area contributed by atoms with Crippen molar-refractivity contribution in [1.82, 2.24) is 9.88 Å². The highest BCUT2D eigenvalue weighted by Crippen LogP contribution is 2.29. The lowest BCUT2D eigenvalue weighted by Crippen LogP contribution is -2.31. The van der Waals surface area contributed by atoms with Crippen molar-refractivity contribution < 1.29 is 14.0 Å². The number of benzene rings is 2. The molecular formula is C24H21N3O3S. The smallest absolute Gasteiger partial charge is 0.274 e. The molecule has 0 bridgehead atoms. The van der Waals surface area contributed by atoms with Gasteiger partial charge in [0.2, 0.25) is 5.91 Å². The third-order valence-electron chi connectivity index (χ3n) is 4.82. The lowest BCUT2D eigenvalue weighted by Gasteiger charge is -2.23. The molecule has 2 amide bonds. The highest BCUT2D eigenvalue weighted by atomic mass is 32.1. The van der Waals surface area contributed by atoms with Crippen molar-refractivity contribution in [3.63, 3.8) is 0 Å². The van der Waals surface area contributed by atoms with Crippen LogP contribution in [0.25, 0.3) is 10.8 Å². The summed E-state index contributed by atoms with van der Waals surface area (Å²) in [5.41, 5.74) is 8.05. The Balaban J connectivity index is 1.66. The second-order valence-corrected chi connectivity index (χ2v) is 8.32. The molecule has 0 aliphatic heterocycles. The van der Waals surface area contributed by atoms with E-state index in [0.717, 1.165) is 16.0 Å². The molecule has 2 aromatic heterocycles. The molecule has 0 atom stereocenters. The molecule has 2 N–H and O–H groups in total. The molecule has 0 saturated heterocycles. The van der Waals surface area contributed by atoms with Crippen LogP contribution in [-0.4, -0.2) is 21.7 Å². The topological polar surface area (TPSA) is 89.4 Å². The van der Waals surface area contributed by atoms with Gasteiger partial charge in [-0.3, -0.25) is 9.59 Å². The number of furan rings is 1. The van der Waals surface area contributed by atoms with Gasteiger partial charge in [0.1, 0.15) is 5.69 Å². The monoisotopic (exact) mass is 431 g/mol. The lowest BCUT2D eigenvalue weighted by molar-refractivity contribution is 0.0724. The summed E-state index contributed by atoms with van der Waals surface area (Å²) in [6, 6.07) is 20.4. The van der Waals surface area contributed by atoms with E-state index in [9.17, 15) is 9.59 Å². The third-order valence-corrected chi connectivity index (χ3v) is 5.80. The summed E-state index contributed by atoms with van der Waals surface area (Å²) < 4.78 is 5.43. The van der Waals surface area contributed by atoms with Crippen molar-refractivity contribution in [3.05, 3.63) is 100 Å². The van der Waals surface area contributed by atoms with Crippen molar-refractivity contribution >= 4 is 23.2 Å². The van der Waals surface area contributed by atoms with E-state index in [2.05, 4.69) is 4.98 Å². The van der Waals surface area contributed by atoms with Crippen LogP contribution in [0.1, 0.15) is 36.9 Å². The van der Waals surface area contributed by atoms with E-state index in [4.69, 9.17) is 10.2 Å². The van der Waals surface area contributed by atoms with Gasteiger partial charge in [-0.2, -0.15) is 0 Å². The molecule has 0 aliphatic carbocycles. The molecular weight excluding hydrogens is 410 g/mol. The summed E-state index contributed by atoms with van der Waals surface area (Å²) in [6.07, 6.45) is 1.58. The Hall–Kier alpha value is -3.71. The van der Waals surface area contributed by atoms with Crippen LogP contribution < -0.4 is 5.73 Å². The number of nitrogens with two attached hydrogens (primary N) is 1. The largest absolute Gasteiger partial charge is 0.462 e. The molecule has 0 spiro atoms. The van der Waals surface area contributed by atoms with Crippen LogP contribution in [0.3, 0.4) is 0 Å². The van der Waals surface area contributed by atoms with Crippen molar-refractivity contribution in [2.24, 2.45) is 5.73 Å². The van der Waals surface area contributed by atoms with Crippen molar-refractivity contribution in [1.29, 1.82) is 0 Å². The van der Waals surface area contributed by atoms with E-state index in [-0.39, 0.29) is 5.91 Å². The van der Waals surface area contributed by atoms with E-state index >= 15 is 0 Å². The summed E-state index contributed by atoms with van der Waals surface area (Å²) in [5.74, 6) is -0.0444. The number of nitrogens with zero attached hydrogens (tertiary/aromatic N) is 2. The Morgan fingerprint density at radius 2 is 1.74 bits per heavy atom. The minimum absolute atomic E-state index is 0.181. The van der Waals surface area contributed by atoms with Crippen LogP contribution in [0.4, 0.5) is 0 Å². The van der Waals surface area contributed by atoms with Crippen LogP contribution in [0.5, 0.6) is 0 Å². The number of aromatic nitrogens is 1.